The van der Waals surface area contributed by atoms with Crippen LogP contribution in [-0.2, 0) is 4.74 Å². The molecule has 0 aliphatic rings. The maximum atomic E-state index is 11.5. The molecule has 5 heteroatoms. The smallest absolute Gasteiger partial charge is 0.339 e. The molecule has 18 heavy (non-hydrogen) atoms. The Morgan fingerprint density at radius 2 is 2.33 bits per heavy atom. The summed E-state index contributed by atoms with van der Waals surface area (Å²) < 4.78 is 4.65. The molecule has 5 nitrogen and oxygen atoms in total. The number of ether oxygens (including phenoxy) is 1. The van der Waals surface area contributed by atoms with Crippen LogP contribution in [0, 0.1) is 18.3 Å². The molecule has 1 heterocycles. The van der Waals surface area contributed by atoms with Crippen LogP contribution in [0.1, 0.15) is 41.4 Å². The first kappa shape index (κ1) is 14.0. The number of nitrogens with one attached hydrogen (secondary N) is 1. The maximum Gasteiger partial charge on any atom is 0.339 e. The Morgan fingerprint density at radius 3 is 2.89 bits per heavy atom. The number of carbonyl (C=O) groups excluding carboxylic acids is 1. The van der Waals surface area contributed by atoms with E-state index >= 15 is 0 Å². The first-order chi connectivity index (χ1) is 8.63. The van der Waals surface area contributed by atoms with Crippen molar-refractivity contribution in [3.63, 3.8) is 0 Å². The number of aryl methyl sites for hydroxylation is 1. The third-order valence-electron chi connectivity index (χ3n) is 2.56. The van der Waals surface area contributed by atoms with E-state index in [1.807, 2.05) is 6.07 Å². The number of anilines is 1. The molecule has 1 N–H and O–H groups in total. The van der Waals surface area contributed by atoms with Crippen LogP contribution in [0.5, 0.6) is 0 Å². The van der Waals surface area contributed by atoms with E-state index in [0.29, 0.717) is 22.6 Å². The number of nitriles is 1. The Morgan fingerprint density at radius 1 is 1.61 bits per heavy atom. The molecule has 0 saturated carbocycles. The Labute approximate surface area is 107 Å². The second kappa shape index (κ2) is 6.60. The van der Waals surface area contributed by atoms with Crippen LogP contribution >= 0.6 is 0 Å². The second-order valence-corrected chi connectivity index (χ2v) is 3.90. The second-order valence-electron chi connectivity index (χ2n) is 3.90. The van der Waals surface area contributed by atoms with Crippen LogP contribution in [0.4, 0.5) is 5.82 Å². The fourth-order valence-electron chi connectivity index (χ4n) is 1.53. The number of nitrogens with zero attached hydrogens (tertiary/aromatic N) is 2. The number of pyridine rings is 1. The summed E-state index contributed by atoms with van der Waals surface area (Å²) in [7, 11) is 1.31. The van der Waals surface area contributed by atoms with Gasteiger partial charge in [-0.1, -0.05) is 13.3 Å². The van der Waals surface area contributed by atoms with Gasteiger partial charge in [-0.3, -0.25) is 0 Å². The third kappa shape index (κ3) is 3.20. The molecule has 0 spiro atoms. The SMILES string of the molecule is CCCCNc1nc(C)c(C(=O)OC)cc1C#N. The lowest BCUT2D eigenvalue weighted by Crippen LogP contribution is -2.10. The van der Waals surface area contributed by atoms with Gasteiger partial charge < -0.3 is 10.1 Å². The van der Waals surface area contributed by atoms with Crippen molar-refractivity contribution in [2.45, 2.75) is 26.7 Å². The molecule has 0 aliphatic heterocycles. The zero-order valence-electron chi connectivity index (χ0n) is 10.9. The molecule has 0 bridgehead atoms. The van der Waals surface area contributed by atoms with Crippen molar-refractivity contribution >= 4 is 11.8 Å². The monoisotopic (exact) mass is 247 g/mol. The highest BCUT2D eigenvalue weighted by molar-refractivity contribution is 5.91. The molecular formula is C13H17N3O2. The average molecular weight is 247 g/mol. The van der Waals surface area contributed by atoms with Gasteiger partial charge in [0.15, 0.2) is 0 Å². The normalized spacial score (nSPS) is 9.67. The van der Waals surface area contributed by atoms with Crippen molar-refractivity contribution in [3.8, 4) is 6.07 Å². The van der Waals surface area contributed by atoms with Gasteiger partial charge in [0.2, 0.25) is 0 Å². The van der Waals surface area contributed by atoms with Crippen LogP contribution in [0.15, 0.2) is 6.07 Å². The maximum absolute atomic E-state index is 11.5. The Hall–Kier alpha value is -2.09. The fraction of sp³-hybridized carbons (Fsp3) is 0.462. The molecule has 1 aromatic heterocycles. The van der Waals surface area contributed by atoms with E-state index in [2.05, 4.69) is 22.0 Å². The van der Waals surface area contributed by atoms with Crippen molar-refractivity contribution in [3.05, 3.63) is 22.9 Å². The fourth-order valence-corrected chi connectivity index (χ4v) is 1.53. The number of aromatic nitrogens is 1. The van der Waals surface area contributed by atoms with Gasteiger partial charge in [-0.05, 0) is 19.4 Å². The summed E-state index contributed by atoms with van der Waals surface area (Å²) in [5.41, 5.74) is 1.24. The van der Waals surface area contributed by atoms with Gasteiger partial charge in [-0.15, -0.1) is 0 Å². The van der Waals surface area contributed by atoms with E-state index in [1.54, 1.807) is 6.92 Å². The minimum Gasteiger partial charge on any atom is -0.465 e. The van der Waals surface area contributed by atoms with Crippen molar-refractivity contribution in [1.82, 2.24) is 4.98 Å². The Kier molecular flexibility index (Phi) is 5.12. The van der Waals surface area contributed by atoms with Crippen LogP contribution < -0.4 is 5.32 Å². The largest absolute Gasteiger partial charge is 0.465 e. The van der Waals surface area contributed by atoms with Crippen LogP contribution in [0.2, 0.25) is 0 Å². The average Bonchev–Trinajstić information content (AvgIpc) is 2.38. The molecule has 0 radical (unpaired) electrons. The molecule has 0 unspecified atom stereocenters. The Bertz CT molecular complexity index is 478. The lowest BCUT2D eigenvalue weighted by Gasteiger charge is -2.10. The zero-order chi connectivity index (χ0) is 13.5. The summed E-state index contributed by atoms with van der Waals surface area (Å²) >= 11 is 0. The van der Waals surface area contributed by atoms with Gasteiger partial charge in [0.25, 0.3) is 0 Å². The van der Waals surface area contributed by atoms with Crippen molar-refractivity contribution < 1.29 is 9.53 Å². The zero-order valence-corrected chi connectivity index (χ0v) is 10.9. The number of carbonyl (C=O) groups is 1. The number of unbranched alkanes of at least 4 members (excludes halogenated alkanes) is 1. The van der Waals surface area contributed by atoms with Gasteiger partial charge in [-0.25, -0.2) is 9.78 Å². The highest BCUT2D eigenvalue weighted by Crippen LogP contribution is 2.17. The quantitative estimate of drug-likeness (QED) is 0.638. The Balaban J connectivity index is 3.04. The van der Waals surface area contributed by atoms with Crippen molar-refractivity contribution in [2.24, 2.45) is 0 Å². The highest BCUT2D eigenvalue weighted by atomic mass is 16.5. The van der Waals surface area contributed by atoms with E-state index in [9.17, 15) is 4.79 Å². The number of methoxy groups -OCH3 is 1. The third-order valence-corrected chi connectivity index (χ3v) is 2.56. The standard InChI is InChI=1S/C13H17N3O2/c1-4-5-6-15-12-10(8-14)7-11(9(2)16-12)13(17)18-3/h7H,4-6H2,1-3H3,(H,15,16). The predicted octanol–water partition coefficient (Wildman–Crippen LogP) is 2.26. The number of hydrogen-bond acceptors (Lipinski definition) is 5. The minimum absolute atomic E-state index is 0.329. The summed E-state index contributed by atoms with van der Waals surface area (Å²) in [6, 6.07) is 3.55. The van der Waals surface area contributed by atoms with Gasteiger partial charge in [0.05, 0.1) is 23.9 Å². The molecule has 0 amide bonds. The van der Waals surface area contributed by atoms with E-state index in [-0.39, 0.29) is 0 Å². The lowest BCUT2D eigenvalue weighted by molar-refractivity contribution is 0.0599. The summed E-state index contributed by atoms with van der Waals surface area (Å²) in [6.07, 6.45) is 2.07. The summed E-state index contributed by atoms with van der Waals surface area (Å²) in [6.45, 7) is 4.57. The number of rotatable bonds is 5. The van der Waals surface area contributed by atoms with Crippen molar-refractivity contribution in [1.29, 1.82) is 5.26 Å². The van der Waals surface area contributed by atoms with Gasteiger partial charge in [0, 0.05) is 6.54 Å². The topological polar surface area (TPSA) is 75.0 Å². The predicted molar refractivity (Wildman–Crippen MR) is 68.4 cm³/mol. The number of esters is 1. The highest BCUT2D eigenvalue weighted by Gasteiger charge is 2.14. The molecule has 1 aromatic rings. The summed E-state index contributed by atoms with van der Waals surface area (Å²) in [5, 5.41) is 12.2. The minimum atomic E-state index is -0.475. The molecule has 0 fully saturated rings. The first-order valence-corrected chi connectivity index (χ1v) is 5.88. The van der Waals surface area contributed by atoms with E-state index in [0.717, 1.165) is 19.4 Å². The molecule has 96 valence electrons. The van der Waals surface area contributed by atoms with Crippen LogP contribution in [0.3, 0.4) is 0 Å². The number of hydrogen-bond donors (Lipinski definition) is 1. The molecular weight excluding hydrogens is 230 g/mol. The summed E-state index contributed by atoms with van der Waals surface area (Å²) in [5.74, 6) is 0.0488. The lowest BCUT2D eigenvalue weighted by atomic mass is 10.1. The van der Waals surface area contributed by atoms with Gasteiger partial charge >= 0.3 is 5.97 Å². The van der Waals surface area contributed by atoms with E-state index < -0.39 is 5.97 Å². The van der Waals surface area contributed by atoms with Gasteiger partial charge in [0.1, 0.15) is 11.9 Å². The first-order valence-electron chi connectivity index (χ1n) is 5.88. The molecule has 0 aliphatic carbocycles. The summed E-state index contributed by atoms with van der Waals surface area (Å²) in [4.78, 5) is 15.7. The molecule has 1 rings (SSSR count). The van der Waals surface area contributed by atoms with Crippen LogP contribution in [0.25, 0.3) is 0 Å². The van der Waals surface area contributed by atoms with Gasteiger partial charge in [-0.2, -0.15) is 5.26 Å². The molecule has 0 aromatic carbocycles. The molecule has 0 saturated heterocycles. The van der Waals surface area contributed by atoms with Crippen molar-refractivity contribution in [2.75, 3.05) is 19.0 Å². The van der Waals surface area contributed by atoms with Crippen LogP contribution in [-0.4, -0.2) is 24.6 Å². The van der Waals surface area contributed by atoms with E-state index in [1.165, 1.54) is 13.2 Å². The molecule has 0 atom stereocenters. The van der Waals surface area contributed by atoms with E-state index in [4.69, 9.17) is 5.26 Å².